The van der Waals surface area contributed by atoms with Crippen molar-refractivity contribution in [3.8, 4) is 0 Å². The first-order chi connectivity index (χ1) is 4.93. The molecule has 1 aliphatic rings. The SMILES string of the molecule is CCNN=C1CCCCC1. The zero-order valence-electron chi connectivity index (χ0n) is 6.69. The van der Waals surface area contributed by atoms with Crippen molar-refractivity contribution in [3.05, 3.63) is 0 Å². The average Bonchev–Trinajstić information content (AvgIpc) is 2.03. The number of hydrogen-bond acceptors (Lipinski definition) is 2. The molecular weight excluding hydrogens is 124 g/mol. The summed E-state index contributed by atoms with van der Waals surface area (Å²) in [6, 6.07) is 0. The maximum absolute atomic E-state index is 4.27. The number of nitrogens with zero attached hydrogens (tertiary/aromatic N) is 1. The molecule has 1 aliphatic carbocycles. The van der Waals surface area contributed by atoms with Crippen LogP contribution in [-0.2, 0) is 0 Å². The van der Waals surface area contributed by atoms with Crippen LogP contribution in [-0.4, -0.2) is 12.3 Å². The van der Waals surface area contributed by atoms with Gasteiger partial charge < -0.3 is 5.43 Å². The van der Waals surface area contributed by atoms with Crippen LogP contribution in [0.1, 0.15) is 39.0 Å². The van der Waals surface area contributed by atoms with E-state index in [1.54, 1.807) is 0 Å². The third-order valence-corrected chi connectivity index (χ3v) is 1.83. The van der Waals surface area contributed by atoms with Gasteiger partial charge in [-0.2, -0.15) is 5.10 Å². The van der Waals surface area contributed by atoms with E-state index in [-0.39, 0.29) is 0 Å². The van der Waals surface area contributed by atoms with Gasteiger partial charge in [-0.3, -0.25) is 0 Å². The Labute approximate surface area is 62.7 Å². The molecule has 2 heteroatoms. The zero-order valence-corrected chi connectivity index (χ0v) is 6.69. The molecule has 0 atom stereocenters. The lowest BCUT2D eigenvalue weighted by Gasteiger charge is -2.11. The smallest absolute Gasteiger partial charge is 0.0378 e. The van der Waals surface area contributed by atoms with Crippen LogP contribution < -0.4 is 5.43 Å². The van der Waals surface area contributed by atoms with Crippen molar-refractivity contribution in [2.45, 2.75) is 39.0 Å². The minimum atomic E-state index is 0.948. The van der Waals surface area contributed by atoms with Crippen molar-refractivity contribution in [1.82, 2.24) is 5.43 Å². The molecule has 1 N–H and O–H groups in total. The third kappa shape index (κ3) is 2.38. The summed E-state index contributed by atoms with van der Waals surface area (Å²) in [6.45, 7) is 3.02. The summed E-state index contributed by atoms with van der Waals surface area (Å²) in [4.78, 5) is 0. The Bertz CT molecular complexity index is 110. The van der Waals surface area contributed by atoms with Gasteiger partial charge in [0.15, 0.2) is 0 Å². The molecule has 0 aromatic rings. The van der Waals surface area contributed by atoms with E-state index in [0.717, 1.165) is 6.54 Å². The molecule has 1 fully saturated rings. The standard InChI is InChI=1S/C8H16N2/c1-2-9-10-8-6-4-3-5-7-8/h9H,2-7H2,1H3. The summed E-state index contributed by atoms with van der Waals surface area (Å²) in [5.74, 6) is 0. The molecule has 0 aromatic heterocycles. The predicted molar refractivity (Wildman–Crippen MR) is 44.2 cm³/mol. The Balaban J connectivity index is 2.23. The zero-order chi connectivity index (χ0) is 7.23. The van der Waals surface area contributed by atoms with E-state index in [1.807, 2.05) is 0 Å². The molecule has 0 aromatic carbocycles. The Hall–Kier alpha value is -0.530. The Morgan fingerprint density at radius 2 is 2.00 bits per heavy atom. The van der Waals surface area contributed by atoms with E-state index >= 15 is 0 Å². The summed E-state index contributed by atoms with van der Waals surface area (Å²) in [5.41, 5.74) is 4.37. The van der Waals surface area contributed by atoms with Gasteiger partial charge in [0, 0.05) is 12.3 Å². The van der Waals surface area contributed by atoms with E-state index in [9.17, 15) is 0 Å². The summed E-state index contributed by atoms with van der Waals surface area (Å²) < 4.78 is 0. The molecule has 10 heavy (non-hydrogen) atoms. The molecule has 0 spiro atoms. The van der Waals surface area contributed by atoms with E-state index in [0.29, 0.717) is 0 Å². The van der Waals surface area contributed by atoms with Gasteiger partial charge in [-0.15, -0.1) is 0 Å². The van der Waals surface area contributed by atoms with Crippen molar-refractivity contribution >= 4 is 5.71 Å². The number of rotatable bonds is 2. The lowest BCUT2D eigenvalue weighted by molar-refractivity contribution is 0.651. The average molecular weight is 140 g/mol. The second-order valence-corrected chi connectivity index (χ2v) is 2.75. The summed E-state index contributed by atoms with van der Waals surface area (Å²) >= 11 is 0. The van der Waals surface area contributed by atoms with Gasteiger partial charge in [0.05, 0.1) is 0 Å². The Morgan fingerprint density at radius 3 is 2.60 bits per heavy atom. The lowest BCUT2D eigenvalue weighted by Crippen LogP contribution is -2.12. The van der Waals surface area contributed by atoms with Gasteiger partial charge >= 0.3 is 0 Å². The largest absolute Gasteiger partial charge is 0.310 e. The lowest BCUT2D eigenvalue weighted by atomic mass is 9.99. The highest BCUT2D eigenvalue weighted by molar-refractivity contribution is 5.84. The third-order valence-electron chi connectivity index (χ3n) is 1.83. The maximum Gasteiger partial charge on any atom is 0.0378 e. The van der Waals surface area contributed by atoms with Gasteiger partial charge in [0.1, 0.15) is 0 Å². The summed E-state index contributed by atoms with van der Waals surface area (Å²) in [6.07, 6.45) is 6.50. The van der Waals surface area contributed by atoms with Crippen LogP contribution in [0.2, 0.25) is 0 Å². The maximum atomic E-state index is 4.27. The van der Waals surface area contributed by atoms with E-state index in [1.165, 1.54) is 37.8 Å². The molecule has 0 saturated heterocycles. The molecule has 58 valence electrons. The van der Waals surface area contributed by atoms with Crippen LogP contribution in [0.4, 0.5) is 0 Å². The number of hydrogen-bond donors (Lipinski definition) is 1. The number of hydrazone groups is 1. The molecule has 1 rings (SSSR count). The first-order valence-corrected chi connectivity index (χ1v) is 4.21. The second-order valence-electron chi connectivity index (χ2n) is 2.75. The van der Waals surface area contributed by atoms with Crippen molar-refractivity contribution < 1.29 is 0 Å². The van der Waals surface area contributed by atoms with Crippen LogP contribution >= 0.6 is 0 Å². The van der Waals surface area contributed by atoms with Gasteiger partial charge in [0.2, 0.25) is 0 Å². The molecule has 2 nitrogen and oxygen atoms in total. The van der Waals surface area contributed by atoms with Crippen molar-refractivity contribution in [2.24, 2.45) is 5.10 Å². The second kappa shape index (κ2) is 4.31. The van der Waals surface area contributed by atoms with Crippen LogP contribution in [0, 0.1) is 0 Å². The molecule has 1 saturated carbocycles. The first-order valence-electron chi connectivity index (χ1n) is 4.21. The van der Waals surface area contributed by atoms with Crippen LogP contribution in [0.3, 0.4) is 0 Å². The predicted octanol–water partition coefficient (Wildman–Crippen LogP) is 1.92. The molecule has 0 bridgehead atoms. The summed E-state index contributed by atoms with van der Waals surface area (Å²) in [5, 5.41) is 4.27. The van der Waals surface area contributed by atoms with Crippen molar-refractivity contribution in [3.63, 3.8) is 0 Å². The monoisotopic (exact) mass is 140 g/mol. The highest BCUT2D eigenvalue weighted by Gasteiger charge is 2.05. The van der Waals surface area contributed by atoms with Crippen molar-refractivity contribution in [1.29, 1.82) is 0 Å². The Morgan fingerprint density at radius 1 is 1.30 bits per heavy atom. The van der Waals surface area contributed by atoms with Crippen LogP contribution in [0.25, 0.3) is 0 Å². The molecular formula is C8H16N2. The topological polar surface area (TPSA) is 24.4 Å². The van der Waals surface area contributed by atoms with Crippen LogP contribution in [0.5, 0.6) is 0 Å². The van der Waals surface area contributed by atoms with Crippen LogP contribution in [0.15, 0.2) is 5.10 Å². The fourth-order valence-electron chi connectivity index (χ4n) is 1.26. The summed E-state index contributed by atoms with van der Waals surface area (Å²) in [7, 11) is 0. The molecule has 0 aliphatic heterocycles. The fourth-order valence-corrected chi connectivity index (χ4v) is 1.26. The molecule has 0 heterocycles. The minimum absolute atomic E-state index is 0.948. The van der Waals surface area contributed by atoms with E-state index < -0.39 is 0 Å². The van der Waals surface area contributed by atoms with Gasteiger partial charge in [0.25, 0.3) is 0 Å². The normalized spacial score (nSPS) is 18.7. The number of nitrogens with one attached hydrogen (secondary N) is 1. The van der Waals surface area contributed by atoms with Gasteiger partial charge in [-0.05, 0) is 32.6 Å². The Kier molecular flexibility index (Phi) is 3.27. The highest BCUT2D eigenvalue weighted by atomic mass is 15.3. The highest BCUT2D eigenvalue weighted by Crippen LogP contribution is 2.13. The first kappa shape index (κ1) is 7.58. The van der Waals surface area contributed by atoms with E-state index in [2.05, 4.69) is 17.5 Å². The quantitative estimate of drug-likeness (QED) is 0.582. The molecule has 0 unspecified atom stereocenters. The van der Waals surface area contributed by atoms with Gasteiger partial charge in [-0.1, -0.05) is 6.42 Å². The molecule has 0 radical (unpaired) electrons. The van der Waals surface area contributed by atoms with E-state index in [4.69, 9.17) is 0 Å². The fraction of sp³-hybridized carbons (Fsp3) is 0.875. The molecule has 0 amide bonds. The van der Waals surface area contributed by atoms with Crippen molar-refractivity contribution in [2.75, 3.05) is 6.54 Å². The van der Waals surface area contributed by atoms with Gasteiger partial charge in [-0.25, -0.2) is 0 Å². The minimum Gasteiger partial charge on any atom is -0.310 e.